The van der Waals surface area contributed by atoms with Crippen molar-refractivity contribution in [1.82, 2.24) is 9.88 Å². The Morgan fingerprint density at radius 3 is 3.03 bits per heavy atom. The van der Waals surface area contributed by atoms with Crippen molar-refractivity contribution in [2.45, 2.75) is 19.3 Å². The van der Waals surface area contributed by atoms with Crippen molar-refractivity contribution in [3.05, 3.63) is 52.2 Å². The molecule has 0 spiro atoms. The molecule has 0 bridgehead atoms. The number of anilines is 1. The molecule has 0 saturated carbocycles. The molecule has 0 aromatic carbocycles. The van der Waals surface area contributed by atoms with Crippen LogP contribution in [0.25, 0.3) is 10.2 Å². The molecule has 2 aromatic rings. The maximum atomic E-state index is 11.6. The van der Waals surface area contributed by atoms with Crippen LogP contribution in [0.1, 0.15) is 28.9 Å². The monoisotopic (exact) mass is 430 g/mol. The van der Waals surface area contributed by atoms with Crippen LogP contribution in [-0.4, -0.2) is 47.8 Å². The molecule has 0 fully saturated rings. The summed E-state index contributed by atoms with van der Waals surface area (Å²) in [5.41, 5.74) is 2.46. The van der Waals surface area contributed by atoms with E-state index in [0.717, 1.165) is 53.7 Å². The Kier molecular flexibility index (Phi) is 7.57. The average molecular weight is 431 g/mol. The minimum Gasteiger partial charge on any atom is -0.396 e. The molecule has 152 valence electrons. The summed E-state index contributed by atoms with van der Waals surface area (Å²) in [6.07, 6.45) is 14.3. The Morgan fingerprint density at radius 1 is 1.38 bits per heavy atom. The molecule has 2 aromatic heterocycles. The molecule has 0 aliphatic heterocycles. The van der Waals surface area contributed by atoms with Gasteiger partial charge in [0.1, 0.15) is 4.83 Å². The van der Waals surface area contributed by atoms with Crippen molar-refractivity contribution in [1.29, 1.82) is 0 Å². The number of hydrogen-bond donors (Lipinski definition) is 2. The molecule has 0 unspecified atom stereocenters. The largest absolute Gasteiger partial charge is 0.396 e. The number of nitrogens with one attached hydrogen (secondary N) is 1. The molecule has 2 heterocycles. The normalized spacial score (nSPS) is 14.0. The fourth-order valence-electron chi connectivity index (χ4n) is 2.91. The van der Waals surface area contributed by atoms with Crippen LogP contribution in [0.15, 0.2) is 52.3 Å². The standard InChI is InChI=1S/C21H23ClN4O2S/c1-26(16-6-4-5-15(22)7-8-16)14-25-20-18(13-28)29-21-19(20)17(9-11-24-21)23-10-2-3-12-27/h5-9,11,13-14,27H,2-4,10,12H2,1H3,(H,23,24). The predicted octanol–water partition coefficient (Wildman–Crippen LogP) is 4.85. The first-order valence-corrected chi connectivity index (χ1v) is 10.6. The summed E-state index contributed by atoms with van der Waals surface area (Å²) in [5, 5.41) is 13.9. The molecule has 0 saturated heterocycles. The van der Waals surface area contributed by atoms with Crippen LogP contribution in [0.5, 0.6) is 0 Å². The molecular formula is C21H23ClN4O2S. The number of aliphatic hydroxyl groups is 1. The predicted molar refractivity (Wildman–Crippen MR) is 122 cm³/mol. The van der Waals surface area contributed by atoms with E-state index in [2.05, 4.69) is 21.4 Å². The number of likely N-dealkylation sites (N-methyl/N-ethyl adjacent to an activating group) is 1. The highest BCUT2D eigenvalue weighted by atomic mass is 35.5. The summed E-state index contributed by atoms with van der Waals surface area (Å²) in [6.45, 7) is 0.897. The molecule has 0 radical (unpaired) electrons. The SMILES string of the molecule is CN(C=Nc1c(C=O)sc2nccc(NCCCCO)c12)C1=CCC=C(Cl)C=C1. The number of aliphatic hydroxyl groups excluding tert-OH is 1. The van der Waals surface area contributed by atoms with E-state index in [4.69, 9.17) is 16.7 Å². The second-order valence-electron chi connectivity index (χ2n) is 6.47. The van der Waals surface area contributed by atoms with Gasteiger partial charge in [0.25, 0.3) is 0 Å². The summed E-state index contributed by atoms with van der Waals surface area (Å²) in [4.78, 5) is 23.9. The number of aldehydes is 1. The van der Waals surface area contributed by atoms with Gasteiger partial charge in [0.15, 0.2) is 6.29 Å². The zero-order valence-electron chi connectivity index (χ0n) is 16.1. The van der Waals surface area contributed by atoms with Crippen LogP contribution in [-0.2, 0) is 0 Å². The van der Waals surface area contributed by atoms with Crippen LogP contribution in [0.3, 0.4) is 0 Å². The topological polar surface area (TPSA) is 77.8 Å². The van der Waals surface area contributed by atoms with Gasteiger partial charge in [0.2, 0.25) is 0 Å². The molecule has 6 nitrogen and oxygen atoms in total. The Balaban J connectivity index is 1.89. The summed E-state index contributed by atoms with van der Waals surface area (Å²) < 4.78 is 0. The van der Waals surface area contributed by atoms with Gasteiger partial charge in [-0.25, -0.2) is 9.98 Å². The van der Waals surface area contributed by atoms with E-state index >= 15 is 0 Å². The number of rotatable bonds is 9. The van der Waals surface area contributed by atoms with Crippen molar-refractivity contribution >= 4 is 57.2 Å². The first kappa shape index (κ1) is 21.2. The lowest BCUT2D eigenvalue weighted by atomic mass is 10.2. The second-order valence-corrected chi connectivity index (χ2v) is 7.94. The third kappa shape index (κ3) is 5.32. The Morgan fingerprint density at radius 2 is 2.24 bits per heavy atom. The summed E-state index contributed by atoms with van der Waals surface area (Å²) in [7, 11) is 1.90. The molecule has 29 heavy (non-hydrogen) atoms. The van der Waals surface area contributed by atoms with Crippen molar-refractivity contribution in [3.63, 3.8) is 0 Å². The van der Waals surface area contributed by atoms with Crippen LogP contribution in [0.2, 0.25) is 0 Å². The number of unbranched alkanes of at least 4 members (excludes halogenated alkanes) is 1. The van der Waals surface area contributed by atoms with Gasteiger partial charge in [-0.15, -0.1) is 11.3 Å². The zero-order valence-corrected chi connectivity index (χ0v) is 17.7. The number of hydrogen-bond acceptors (Lipinski definition) is 6. The van der Waals surface area contributed by atoms with Gasteiger partial charge in [-0.05, 0) is 37.5 Å². The van der Waals surface area contributed by atoms with E-state index in [1.165, 1.54) is 11.3 Å². The number of allylic oxidation sites excluding steroid dienone is 5. The third-order valence-corrected chi connectivity index (χ3v) is 5.71. The fourth-order valence-corrected chi connectivity index (χ4v) is 3.99. The minimum absolute atomic E-state index is 0.175. The maximum absolute atomic E-state index is 11.6. The highest BCUT2D eigenvalue weighted by molar-refractivity contribution is 7.21. The Hall–Kier alpha value is -2.48. The second kappa shape index (κ2) is 10.3. The van der Waals surface area contributed by atoms with Gasteiger partial charge in [0, 0.05) is 42.8 Å². The van der Waals surface area contributed by atoms with E-state index < -0.39 is 0 Å². The van der Waals surface area contributed by atoms with Gasteiger partial charge in [-0.3, -0.25) is 4.79 Å². The van der Waals surface area contributed by atoms with Gasteiger partial charge >= 0.3 is 0 Å². The quantitative estimate of drug-likeness (QED) is 0.257. The van der Waals surface area contributed by atoms with Gasteiger partial charge in [0.05, 0.1) is 22.3 Å². The number of aliphatic imine (C=N–C) groups is 1. The number of thiophene rings is 1. The van der Waals surface area contributed by atoms with Crippen LogP contribution in [0, 0.1) is 0 Å². The van der Waals surface area contributed by atoms with Crippen molar-refractivity contribution in [2.24, 2.45) is 4.99 Å². The molecule has 1 aliphatic rings. The molecule has 3 rings (SSSR count). The average Bonchev–Trinajstić information content (AvgIpc) is 2.95. The number of carbonyl (C=O) groups excluding carboxylic acids is 1. The molecule has 1 aliphatic carbocycles. The lowest BCUT2D eigenvalue weighted by Gasteiger charge is -2.14. The Bertz CT molecular complexity index is 994. The summed E-state index contributed by atoms with van der Waals surface area (Å²) in [6, 6.07) is 1.88. The molecule has 2 N–H and O–H groups in total. The third-order valence-electron chi connectivity index (χ3n) is 4.42. The highest BCUT2D eigenvalue weighted by Crippen LogP contribution is 2.40. The number of pyridine rings is 1. The van der Waals surface area contributed by atoms with E-state index in [1.54, 1.807) is 12.5 Å². The first-order valence-electron chi connectivity index (χ1n) is 9.36. The lowest BCUT2D eigenvalue weighted by molar-refractivity contribution is 0.112. The van der Waals surface area contributed by atoms with E-state index in [0.29, 0.717) is 15.6 Å². The first-order chi connectivity index (χ1) is 14.1. The molecule has 0 amide bonds. The van der Waals surface area contributed by atoms with Crippen molar-refractivity contribution in [3.8, 4) is 0 Å². The van der Waals surface area contributed by atoms with Crippen LogP contribution >= 0.6 is 22.9 Å². The lowest BCUT2D eigenvalue weighted by Crippen LogP contribution is -2.13. The minimum atomic E-state index is 0.175. The number of halogens is 1. The van der Waals surface area contributed by atoms with E-state index in [1.807, 2.05) is 36.2 Å². The molecule has 8 heteroatoms. The van der Waals surface area contributed by atoms with Crippen LogP contribution < -0.4 is 5.32 Å². The number of aromatic nitrogens is 1. The fraction of sp³-hybridized carbons (Fsp3) is 0.286. The Labute approximate surface area is 178 Å². The highest BCUT2D eigenvalue weighted by Gasteiger charge is 2.16. The number of carbonyl (C=O) groups is 1. The van der Waals surface area contributed by atoms with E-state index in [9.17, 15) is 4.79 Å². The van der Waals surface area contributed by atoms with Gasteiger partial charge in [-0.2, -0.15) is 0 Å². The molecule has 0 atom stereocenters. The smallest absolute Gasteiger partial charge is 0.162 e. The summed E-state index contributed by atoms with van der Waals surface area (Å²) in [5.74, 6) is 0. The number of fused-ring (bicyclic) bond motifs is 1. The van der Waals surface area contributed by atoms with Crippen LogP contribution in [0.4, 0.5) is 11.4 Å². The van der Waals surface area contributed by atoms with Crippen molar-refractivity contribution in [2.75, 3.05) is 25.5 Å². The number of nitrogens with zero attached hydrogens (tertiary/aromatic N) is 3. The van der Waals surface area contributed by atoms with Crippen molar-refractivity contribution < 1.29 is 9.90 Å². The van der Waals surface area contributed by atoms with Gasteiger partial charge < -0.3 is 15.3 Å². The zero-order chi connectivity index (χ0) is 20.6. The maximum Gasteiger partial charge on any atom is 0.162 e. The van der Waals surface area contributed by atoms with Gasteiger partial charge in [-0.1, -0.05) is 23.8 Å². The van der Waals surface area contributed by atoms with E-state index in [-0.39, 0.29) is 6.61 Å². The summed E-state index contributed by atoms with van der Waals surface area (Å²) >= 11 is 7.38. The molecular weight excluding hydrogens is 408 g/mol.